The second-order valence-corrected chi connectivity index (χ2v) is 2.92. The molecule has 0 aromatic rings. The van der Waals surface area contributed by atoms with Crippen LogP contribution in [-0.4, -0.2) is 23.0 Å². The number of hydrogen-bond acceptors (Lipinski definition) is 3. The van der Waals surface area contributed by atoms with Crippen LogP contribution in [-0.2, 0) is 4.84 Å². The summed E-state index contributed by atoms with van der Waals surface area (Å²) in [5, 5.41) is 3.88. The van der Waals surface area contributed by atoms with E-state index in [0.29, 0.717) is 0 Å². The lowest BCUT2D eigenvalue weighted by molar-refractivity contribution is -0.0667. The third-order valence-corrected chi connectivity index (χ3v) is 1.76. The monoisotopic (exact) mass is 142 g/mol. The van der Waals surface area contributed by atoms with E-state index in [1.165, 1.54) is 0 Å². The highest BCUT2D eigenvalue weighted by Gasteiger charge is 2.33. The van der Waals surface area contributed by atoms with Crippen molar-refractivity contribution >= 4 is 5.84 Å². The van der Waals surface area contributed by atoms with E-state index in [1.807, 2.05) is 20.8 Å². The average Bonchev–Trinajstić information content (AvgIpc) is 2.07. The lowest BCUT2D eigenvalue weighted by Gasteiger charge is -2.28. The third-order valence-electron chi connectivity index (χ3n) is 1.76. The molecule has 1 aliphatic rings. The summed E-state index contributed by atoms with van der Waals surface area (Å²) in [6.07, 6.45) is 0. The predicted molar refractivity (Wildman–Crippen MR) is 40.7 cm³/mol. The summed E-state index contributed by atoms with van der Waals surface area (Å²) < 4.78 is 0. The van der Waals surface area contributed by atoms with Gasteiger partial charge in [-0.2, -0.15) is 0 Å². The maximum absolute atomic E-state index is 5.17. The van der Waals surface area contributed by atoms with E-state index in [1.54, 1.807) is 0 Å². The number of hydrogen-bond donors (Lipinski definition) is 0. The zero-order chi connectivity index (χ0) is 7.78. The molecule has 1 aliphatic heterocycles. The first kappa shape index (κ1) is 7.38. The van der Waals surface area contributed by atoms with Crippen molar-refractivity contribution in [2.45, 2.75) is 33.4 Å². The van der Waals surface area contributed by atoms with E-state index < -0.39 is 0 Å². The van der Waals surface area contributed by atoms with E-state index in [2.05, 4.69) is 17.0 Å². The fourth-order valence-corrected chi connectivity index (χ4v) is 1.28. The Hall–Kier alpha value is -0.730. The molecule has 3 heteroatoms. The molecule has 0 spiro atoms. The second-order valence-electron chi connectivity index (χ2n) is 2.92. The minimum absolute atomic E-state index is 0.237. The van der Waals surface area contributed by atoms with Crippen LogP contribution in [0.1, 0.15) is 27.7 Å². The minimum atomic E-state index is -0.237. The fourth-order valence-electron chi connectivity index (χ4n) is 1.28. The predicted octanol–water partition coefficient (Wildman–Crippen LogP) is 1.41. The molecule has 0 aliphatic carbocycles. The van der Waals surface area contributed by atoms with Crippen LogP contribution >= 0.6 is 0 Å². The topological polar surface area (TPSA) is 24.8 Å². The van der Waals surface area contributed by atoms with Gasteiger partial charge < -0.3 is 9.74 Å². The summed E-state index contributed by atoms with van der Waals surface area (Å²) in [6.45, 7) is 9.02. The van der Waals surface area contributed by atoms with Gasteiger partial charge in [0, 0.05) is 6.54 Å². The summed E-state index contributed by atoms with van der Waals surface area (Å²) in [7, 11) is 0. The van der Waals surface area contributed by atoms with E-state index >= 15 is 0 Å². The molecule has 1 heterocycles. The van der Waals surface area contributed by atoms with Crippen LogP contribution in [0.4, 0.5) is 0 Å². The number of rotatable bonds is 1. The molecule has 1 rings (SSSR count). The van der Waals surface area contributed by atoms with E-state index in [0.717, 1.165) is 12.4 Å². The zero-order valence-corrected chi connectivity index (χ0v) is 7.01. The molecule has 0 fully saturated rings. The van der Waals surface area contributed by atoms with Crippen LogP contribution in [0.5, 0.6) is 0 Å². The Kier molecular flexibility index (Phi) is 1.58. The van der Waals surface area contributed by atoms with Crippen LogP contribution in [0.25, 0.3) is 0 Å². The quantitative estimate of drug-likeness (QED) is 0.553. The van der Waals surface area contributed by atoms with Crippen molar-refractivity contribution in [1.82, 2.24) is 4.90 Å². The highest BCUT2D eigenvalue weighted by Crippen LogP contribution is 2.22. The maximum atomic E-state index is 5.17. The molecule has 3 nitrogen and oxygen atoms in total. The van der Waals surface area contributed by atoms with E-state index in [-0.39, 0.29) is 5.72 Å². The zero-order valence-electron chi connectivity index (χ0n) is 7.01. The molecule has 0 atom stereocenters. The number of oxime groups is 1. The molecule has 0 aromatic heterocycles. The van der Waals surface area contributed by atoms with Crippen molar-refractivity contribution < 1.29 is 4.84 Å². The molecule has 0 aromatic carbocycles. The van der Waals surface area contributed by atoms with Gasteiger partial charge in [-0.3, -0.25) is 0 Å². The second kappa shape index (κ2) is 2.15. The van der Waals surface area contributed by atoms with Gasteiger partial charge in [0.15, 0.2) is 0 Å². The molecule has 0 amide bonds. The SMILES string of the molecule is CCN1C(C)=NOC1(C)C. The van der Waals surface area contributed by atoms with Gasteiger partial charge in [0.25, 0.3) is 0 Å². The van der Waals surface area contributed by atoms with Gasteiger partial charge in [-0.25, -0.2) is 0 Å². The first-order valence-electron chi connectivity index (χ1n) is 3.58. The van der Waals surface area contributed by atoms with Crippen LogP contribution < -0.4 is 0 Å². The van der Waals surface area contributed by atoms with Crippen molar-refractivity contribution in [1.29, 1.82) is 0 Å². The molecule has 0 saturated carbocycles. The first-order valence-corrected chi connectivity index (χ1v) is 3.58. The van der Waals surface area contributed by atoms with Crippen molar-refractivity contribution in [3.05, 3.63) is 0 Å². The number of amidine groups is 1. The Labute approximate surface area is 61.6 Å². The normalized spacial score (nSPS) is 22.4. The van der Waals surface area contributed by atoms with E-state index in [4.69, 9.17) is 4.84 Å². The third kappa shape index (κ3) is 0.958. The van der Waals surface area contributed by atoms with Gasteiger partial charge >= 0.3 is 0 Å². The maximum Gasteiger partial charge on any atom is 0.205 e. The van der Waals surface area contributed by atoms with Crippen molar-refractivity contribution in [3.63, 3.8) is 0 Å². The highest BCUT2D eigenvalue weighted by atomic mass is 16.7. The van der Waals surface area contributed by atoms with Gasteiger partial charge in [0.05, 0.1) is 0 Å². The van der Waals surface area contributed by atoms with Crippen molar-refractivity contribution in [2.75, 3.05) is 6.54 Å². The Balaban J connectivity index is 2.73. The van der Waals surface area contributed by atoms with E-state index in [9.17, 15) is 0 Å². The molecule has 0 radical (unpaired) electrons. The Bertz CT molecular complexity index is 163. The Morgan fingerprint density at radius 2 is 2.20 bits per heavy atom. The molecule has 0 saturated heterocycles. The van der Waals surface area contributed by atoms with Gasteiger partial charge in [-0.1, -0.05) is 5.16 Å². The molecule has 58 valence electrons. The summed E-state index contributed by atoms with van der Waals surface area (Å²) in [6, 6.07) is 0. The first-order chi connectivity index (χ1) is 4.58. The lowest BCUT2D eigenvalue weighted by Crippen LogP contribution is -2.42. The van der Waals surface area contributed by atoms with Crippen LogP contribution in [0.3, 0.4) is 0 Å². The summed E-state index contributed by atoms with van der Waals surface area (Å²) in [5.74, 6) is 0.965. The fraction of sp³-hybridized carbons (Fsp3) is 0.857. The van der Waals surface area contributed by atoms with Crippen LogP contribution in [0, 0.1) is 0 Å². The van der Waals surface area contributed by atoms with Gasteiger partial charge in [-0.15, -0.1) is 0 Å². The van der Waals surface area contributed by atoms with Crippen LogP contribution in [0.2, 0.25) is 0 Å². The van der Waals surface area contributed by atoms with Gasteiger partial charge in [0.2, 0.25) is 5.72 Å². The van der Waals surface area contributed by atoms with Crippen molar-refractivity contribution in [3.8, 4) is 0 Å². The van der Waals surface area contributed by atoms with Crippen LogP contribution in [0.15, 0.2) is 5.16 Å². The molecule has 0 unspecified atom stereocenters. The molecule has 0 N–H and O–H groups in total. The molecular weight excluding hydrogens is 128 g/mol. The van der Waals surface area contributed by atoms with Gasteiger partial charge in [0.1, 0.15) is 5.84 Å². The molecular formula is C7H14N2O. The molecule has 10 heavy (non-hydrogen) atoms. The van der Waals surface area contributed by atoms with Crippen molar-refractivity contribution in [2.24, 2.45) is 5.16 Å². The Morgan fingerprint density at radius 3 is 2.40 bits per heavy atom. The van der Waals surface area contributed by atoms with Gasteiger partial charge in [-0.05, 0) is 27.7 Å². The minimum Gasteiger partial charge on any atom is -0.366 e. The summed E-state index contributed by atoms with van der Waals surface area (Å²) >= 11 is 0. The summed E-state index contributed by atoms with van der Waals surface area (Å²) in [4.78, 5) is 7.29. The highest BCUT2D eigenvalue weighted by molar-refractivity contribution is 5.80. The largest absolute Gasteiger partial charge is 0.366 e. The number of nitrogens with zero attached hydrogens (tertiary/aromatic N) is 2. The molecule has 0 bridgehead atoms. The standard InChI is InChI=1S/C7H14N2O/c1-5-9-6(2)8-10-7(9,3)4/h5H2,1-4H3. The Morgan fingerprint density at radius 1 is 1.60 bits per heavy atom. The summed E-state index contributed by atoms with van der Waals surface area (Å²) in [5.41, 5.74) is -0.237. The smallest absolute Gasteiger partial charge is 0.205 e. The average molecular weight is 142 g/mol. The lowest BCUT2D eigenvalue weighted by atomic mass is 10.2.